The van der Waals surface area contributed by atoms with Crippen LogP contribution in [0.25, 0.3) is 11.1 Å². The number of urea groups is 1. The van der Waals surface area contributed by atoms with Gasteiger partial charge in [-0.05, 0) is 42.3 Å². The molecule has 1 aliphatic heterocycles. The lowest BCUT2D eigenvalue weighted by Crippen LogP contribution is -2.53. The predicted molar refractivity (Wildman–Crippen MR) is 116 cm³/mol. The first-order valence-corrected chi connectivity index (χ1v) is 10.2. The molecule has 0 unspecified atom stereocenters. The Morgan fingerprint density at radius 2 is 1.79 bits per heavy atom. The van der Waals surface area contributed by atoms with Crippen LogP contribution in [0.15, 0.2) is 54.6 Å². The van der Waals surface area contributed by atoms with Crippen molar-refractivity contribution in [3.05, 3.63) is 77.1 Å². The lowest BCUT2D eigenvalue weighted by atomic mass is 9.94. The van der Waals surface area contributed by atoms with Crippen LogP contribution in [-0.4, -0.2) is 34.2 Å². The van der Waals surface area contributed by atoms with E-state index in [0.717, 1.165) is 12.1 Å². The maximum atomic E-state index is 13.1. The summed E-state index contributed by atoms with van der Waals surface area (Å²) in [7, 11) is 1.61. The third-order valence-electron chi connectivity index (χ3n) is 5.59. The van der Waals surface area contributed by atoms with E-state index in [9.17, 15) is 27.6 Å². The number of halogens is 3. The zero-order chi connectivity index (χ0) is 24.7. The second-order valence-corrected chi connectivity index (χ2v) is 7.91. The van der Waals surface area contributed by atoms with Crippen LogP contribution >= 0.6 is 0 Å². The van der Waals surface area contributed by atoms with Gasteiger partial charge < -0.3 is 10.6 Å². The highest BCUT2D eigenvalue weighted by Crippen LogP contribution is 2.32. The Hall–Kier alpha value is -4.15. The number of hydrogen-bond acceptors (Lipinski definition) is 4. The summed E-state index contributed by atoms with van der Waals surface area (Å²) in [4.78, 5) is 37.8. The molecule has 176 valence electrons. The van der Waals surface area contributed by atoms with Crippen molar-refractivity contribution in [1.29, 1.82) is 0 Å². The number of imide groups is 1. The molecule has 0 aliphatic carbocycles. The summed E-state index contributed by atoms with van der Waals surface area (Å²) in [5.41, 5.74) is -0.347. The van der Waals surface area contributed by atoms with Gasteiger partial charge in [-0.1, -0.05) is 30.3 Å². The van der Waals surface area contributed by atoms with Gasteiger partial charge in [0, 0.05) is 12.6 Å². The number of benzene rings is 2. The lowest BCUT2D eigenvalue weighted by molar-refractivity contribution is -0.137. The molecule has 1 atom stereocenters. The average Bonchev–Trinajstić information content (AvgIpc) is 3.28. The Labute approximate surface area is 192 Å². The second kappa shape index (κ2) is 8.32. The summed E-state index contributed by atoms with van der Waals surface area (Å²) in [5.74, 6) is -1.21. The first-order valence-electron chi connectivity index (χ1n) is 10.2. The third kappa shape index (κ3) is 4.12. The number of carbonyl (C=O) groups excluding carboxylic acids is 3. The lowest BCUT2D eigenvalue weighted by Gasteiger charge is -2.26. The molecule has 1 fully saturated rings. The average molecular weight is 471 g/mol. The number of rotatable bonds is 5. The number of aromatic nitrogens is 2. The zero-order valence-corrected chi connectivity index (χ0v) is 18.2. The maximum Gasteiger partial charge on any atom is 0.416 e. The number of amides is 4. The van der Waals surface area contributed by atoms with Gasteiger partial charge >= 0.3 is 12.2 Å². The summed E-state index contributed by atoms with van der Waals surface area (Å²) >= 11 is 0. The number of nitrogens with one attached hydrogen (secondary N) is 3. The molecule has 3 aromatic rings. The van der Waals surface area contributed by atoms with Gasteiger partial charge in [-0.15, -0.1) is 0 Å². The van der Waals surface area contributed by atoms with Crippen LogP contribution in [0.2, 0.25) is 0 Å². The van der Waals surface area contributed by atoms with E-state index in [2.05, 4.69) is 21.0 Å². The van der Waals surface area contributed by atoms with Gasteiger partial charge in [-0.2, -0.15) is 18.3 Å². The van der Waals surface area contributed by atoms with Gasteiger partial charge in [0.15, 0.2) is 5.54 Å². The topological polar surface area (TPSA) is 105 Å². The number of hydrogen-bond donors (Lipinski definition) is 3. The van der Waals surface area contributed by atoms with Crippen LogP contribution in [0.4, 0.5) is 18.0 Å². The number of carbonyl (C=O) groups is 3. The van der Waals surface area contributed by atoms with Gasteiger partial charge in [-0.25, -0.2) is 4.79 Å². The van der Waals surface area contributed by atoms with Crippen LogP contribution in [0, 0.1) is 6.92 Å². The quantitative estimate of drug-likeness (QED) is 0.498. The van der Waals surface area contributed by atoms with Crippen molar-refractivity contribution in [3.8, 4) is 11.1 Å². The minimum Gasteiger partial charge on any atom is -0.349 e. The molecule has 2 aromatic carbocycles. The SMILES string of the molecule is Cc1cc([C@@]2(CNC(=O)c3ccccc3-c3ccc(C(F)(F)F)cc3)NC(=O)NC2=O)n(C)n1. The van der Waals surface area contributed by atoms with Gasteiger partial charge in [0.05, 0.1) is 23.5 Å². The summed E-state index contributed by atoms with van der Waals surface area (Å²) in [5, 5.41) is 11.7. The molecule has 1 aromatic heterocycles. The monoisotopic (exact) mass is 471 g/mol. The molecule has 0 bridgehead atoms. The molecule has 34 heavy (non-hydrogen) atoms. The van der Waals surface area contributed by atoms with Gasteiger partial charge in [0.25, 0.3) is 11.8 Å². The summed E-state index contributed by atoms with van der Waals surface area (Å²) in [6.07, 6.45) is -4.47. The highest BCUT2D eigenvalue weighted by Gasteiger charge is 2.50. The number of alkyl halides is 3. The molecule has 2 heterocycles. The van der Waals surface area contributed by atoms with Crippen molar-refractivity contribution in [1.82, 2.24) is 25.7 Å². The molecule has 1 saturated heterocycles. The van der Waals surface area contributed by atoms with E-state index in [1.54, 1.807) is 38.2 Å². The van der Waals surface area contributed by atoms with E-state index in [1.165, 1.54) is 22.9 Å². The standard InChI is InChI=1S/C23H20F3N5O3/c1-13-11-18(31(2)30-13)22(20(33)28-21(34)29-22)12-27-19(32)17-6-4-3-5-16(17)14-7-9-15(10-8-14)23(24,25)26/h3-11H,12H2,1-2H3,(H,27,32)(H2,28,29,33,34)/t22-/m1/s1. The first kappa shape index (κ1) is 23.0. The van der Waals surface area contributed by atoms with E-state index >= 15 is 0 Å². The second-order valence-electron chi connectivity index (χ2n) is 7.91. The molecular weight excluding hydrogens is 451 g/mol. The molecular formula is C23H20F3N5O3. The van der Waals surface area contributed by atoms with Crippen molar-refractivity contribution < 1.29 is 27.6 Å². The van der Waals surface area contributed by atoms with Crippen molar-refractivity contribution in [3.63, 3.8) is 0 Å². The molecule has 11 heteroatoms. The van der Waals surface area contributed by atoms with E-state index in [1.807, 2.05) is 0 Å². The zero-order valence-electron chi connectivity index (χ0n) is 18.2. The number of nitrogens with zero attached hydrogens (tertiary/aromatic N) is 2. The molecule has 1 aliphatic rings. The van der Waals surface area contributed by atoms with Crippen molar-refractivity contribution in [2.45, 2.75) is 18.6 Å². The van der Waals surface area contributed by atoms with Crippen LogP contribution in [-0.2, 0) is 23.6 Å². The van der Waals surface area contributed by atoms with E-state index in [0.29, 0.717) is 22.5 Å². The Bertz CT molecular complexity index is 1280. The molecule has 4 rings (SSSR count). The molecule has 0 saturated carbocycles. The Balaban J connectivity index is 1.63. The highest BCUT2D eigenvalue weighted by atomic mass is 19.4. The Morgan fingerprint density at radius 1 is 1.12 bits per heavy atom. The van der Waals surface area contributed by atoms with E-state index in [-0.39, 0.29) is 12.1 Å². The van der Waals surface area contributed by atoms with Crippen LogP contribution < -0.4 is 16.0 Å². The fourth-order valence-corrected chi connectivity index (χ4v) is 3.98. The van der Waals surface area contributed by atoms with Crippen molar-refractivity contribution in [2.24, 2.45) is 7.05 Å². The van der Waals surface area contributed by atoms with Crippen LogP contribution in [0.1, 0.15) is 27.3 Å². The van der Waals surface area contributed by atoms with Gasteiger partial charge in [-0.3, -0.25) is 19.6 Å². The molecule has 3 N–H and O–H groups in total. The summed E-state index contributed by atoms with van der Waals surface area (Å²) in [6.45, 7) is 1.45. The van der Waals surface area contributed by atoms with Gasteiger partial charge in [0.2, 0.25) is 0 Å². The van der Waals surface area contributed by atoms with Crippen LogP contribution in [0.3, 0.4) is 0 Å². The Kier molecular flexibility index (Phi) is 5.64. The maximum absolute atomic E-state index is 13.1. The normalized spacial score (nSPS) is 17.9. The molecule has 8 nitrogen and oxygen atoms in total. The number of aryl methyl sites for hydroxylation is 2. The highest BCUT2D eigenvalue weighted by molar-refractivity contribution is 6.08. The fourth-order valence-electron chi connectivity index (χ4n) is 3.98. The largest absolute Gasteiger partial charge is 0.416 e. The van der Waals surface area contributed by atoms with Crippen molar-refractivity contribution >= 4 is 17.8 Å². The summed E-state index contributed by atoms with van der Waals surface area (Å²) in [6, 6.07) is 11.8. The minimum absolute atomic E-state index is 0.198. The van der Waals surface area contributed by atoms with E-state index in [4.69, 9.17) is 0 Å². The van der Waals surface area contributed by atoms with Gasteiger partial charge in [0.1, 0.15) is 0 Å². The fraction of sp³-hybridized carbons (Fsp3) is 0.217. The molecule has 0 radical (unpaired) electrons. The first-order chi connectivity index (χ1) is 16.0. The Morgan fingerprint density at radius 3 is 2.35 bits per heavy atom. The van der Waals surface area contributed by atoms with Crippen molar-refractivity contribution in [2.75, 3.05) is 6.54 Å². The summed E-state index contributed by atoms with van der Waals surface area (Å²) < 4.78 is 40.2. The van der Waals surface area contributed by atoms with Crippen LogP contribution in [0.5, 0.6) is 0 Å². The molecule has 0 spiro atoms. The predicted octanol–water partition coefficient (Wildman–Crippen LogP) is 2.88. The third-order valence-corrected chi connectivity index (χ3v) is 5.59. The minimum atomic E-state index is -4.47. The smallest absolute Gasteiger partial charge is 0.349 e. The van der Waals surface area contributed by atoms with E-state index < -0.39 is 35.1 Å². The molecule has 4 amide bonds.